The number of nitrogens with one attached hydrogen (secondary N) is 1. The monoisotopic (exact) mass is 335 g/mol. The average Bonchev–Trinajstić information content (AvgIpc) is 3.03. The fraction of sp³-hybridized carbons (Fsp3) is 0.286. The number of hydrogen-bond acceptors (Lipinski definition) is 3. The number of aliphatic hydroxyl groups is 1. The molecule has 0 fully saturated rings. The molecule has 0 spiro atoms. The van der Waals surface area contributed by atoms with E-state index in [-0.39, 0.29) is 0 Å². The fourth-order valence-corrected chi connectivity index (χ4v) is 3.13. The molecule has 1 unspecified atom stereocenters. The van der Waals surface area contributed by atoms with Crippen LogP contribution in [0.5, 0.6) is 0 Å². The highest BCUT2D eigenvalue weighted by atomic mass is 16.3. The van der Waals surface area contributed by atoms with Gasteiger partial charge >= 0.3 is 0 Å². The number of aryl methyl sites for hydroxylation is 2. The van der Waals surface area contributed by atoms with Gasteiger partial charge in [-0.2, -0.15) is 0 Å². The summed E-state index contributed by atoms with van der Waals surface area (Å²) in [6.45, 7) is 5.33. The van der Waals surface area contributed by atoms with E-state index in [9.17, 15) is 5.11 Å². The largest absolute Gasteiger partial charge is 0.387 e. The summed E-state index contributed by atoms with van der Waals surface area (Å²) in [6.07, 6.45) is 1.35. The zero-order valence-corrected chi connectivity index (χ0v) is 15.0. The molecule has 130 valence electrons. The molecule has 25 heavy (non-hydrogen) atoms. The molecule has 3 rings (SSSR count). The average molecular weight is 335 g/mol. The molecule has 2 aromatic carbocycles. The fourth-order valence-electron chi connectivity index (χ4n) is 3.13. The van der Waals surface area contributed by atoms with Gasteiger partial charge in [0.05, 0.1) is 24.5 Å². The number of benzene rings is 2. The van der Waals surface area contributed by atoms with E-state index in [4.69, 9.17) is 0 Å². The Hall–Kier alpha value is -2.43. The Morgan fingerprint density at radius 1 is 1.08 bits per heavy atom. The van der Waals surface area contributed by atoms with Crippen molar-refractivity contribution in [1.82, 2.24) is 14.9 Å². The van der Waals surface area contributed by atoms with Crippen molar-refractivity contribution in [3.63, 3.8) is 0 Å². The predicted octanol–water partition coefficient (Wildman–Crippen LogP) is 3.86. The molecule has 4 nitrogen and oxygen atoms in total. The maximum absolute atomic E-state index is 10.5. The normalized spacial score (nSPS) is 12.5. The van der Waals surface area contributed by atoms with E-state index in [0.29, 0.717) is 13.1 Å². The highest BCUT2D eigenvalue weighted by Gasteiger charge is 2.13. The Labute approximate surface area is 149 Å². The van der Waals surface area contributed by atoms with Gasteiger partial charge in [0.25, 0.3) is 0 Å². The Morgan fingerprint density at radius 2 is 1.76 bits per heavy atom. The highest BCUT2D eigenvalue weighted by Crippen LogP contribution is 2.19. The molecule has 1 atom stereocenters. The Balaban J connectivity index is 1.62. The first-order valence-electron chi connectivity index (χ1n) is 8.55. The third-order valence-corrected chi connectivity index (χ3v) is 4.25. The zero-order valence-electron chi connectivity index (χ0n) is 15.0. The molecule has 4 heteroatoms. The maximum Gasteiger partial charge on any atom is 0.120 e. The van der Waals surface area contributed by atoms with Crippen molar-refractivity contribution in [1.29, 1.82) is 0 Å². The number of aromatic nitrogens is 2. The second kappa shape index (κ2) is 7.64. The molecule has 2 N–H and O–H groups in total. The number of imidazole rings is 1. The molecular formula is C21H25N3O. The van der Waals surface area contributed by atoms with E-state index in [1.807, 2.05) is 43.6 Å². The Kier molecular flexibility index (Phi) is 5.31. The number of likely N-dealkylation sites (N-methyl/N-ethyl adjacent to an activating group) is 1. The van der Waals surface area contributed by atoms with E-state index in [1.165, 1.54) is 11.1 Å². The van der Waals surface area contributed by atoms with Gasteiger partial charge < -0.3 is 10.1 Å². The topological polar surface area (TPSA) is 52.1 Å². The minimum Gasteiger partial charge on any atom is -0.387 e. The van der Waals surface area contributed by atoms with Crippen molar-refractivity contribution in [2.75, 3.05) is 13.6 Å². The maximum atomic E-state index is 10.5. The van der Waals surface area contributed by atoms with Crippen LogP contribution in [0.2, 0.25) is 0 Å². The quantitative estimate of drug-likeness (QED) is 0.719. The SMILES string of the molecule is Cc1cc(C)cc(C(O)CN(C)Cc2ncc(-c3ccccc3)[nH]2)c1. The van der Waals surface area contributed by atoms with E-state index >= 15 is 0 Å². The number of aromatic amines is 1. The summed E-state index contributed by atoms with van der Waals surface area (Å²) in [5.74, 6) is 0.897. The molecule has 3 aromatic rings. The van der Waals surface area contributed by atoms with Gasteiger partial charge in [0.1, 0.15) is 5.82 Å². The van der Waals surface area contributed by atoms with E-state index in [2.05, 4.69) is 46.9 Å². The summed E-state index contributed by atoms with van der Waals surface area (Å²) in [6, 6.07) is 16.4. The second-order valence-corrected chi connectivity index (χ2v) is 6.74. The van der Waals surface area contributed by atoms with Gasteiger partial charge in [0, 0.05) is 6.54 Å². The van der Waals surface area contributed by atoms with E-state index in [0.717, 1.165) is 22.6 Å². The van der Waals surface area contributed by atoms with Crippen LogP contribution in [-0.2, 0) is 6.54 Å². The Bertz CT molecular complexity index is 806. The molecule has 0 aliphatic carbocycles. The predicted molar refractivity (Wildman–Crippen MR) is 101 cm³/mol. The number of aliphatic hydroxyl groups excluding tert-OH is 1. The van der Waals surface area contributed by atoms with Gasteiger partial charge in [0.15, 0.2) is 0 Å². The van der Waals surface area contributed by atoms with E-state index < -0.39 is 6.10 Å². The van der Waals surface area contributed by atoms with Crippen molar-refractivity contribution >= 4 is 0 Å². The van der Waals surface area contributed by atoms with Crippen LogP contribution in [0.25, 0.3) is 11.3 Å². The van der Waals surface area contributed by atoms with Crippen LogP contribution >= 0.6 is 0 Å². The molecule has 1 aromatic heterocycles. The van der Waals surface area contributed by atoms with Crippen LogP contribution in [0, 0.1) is 13.8 Å². The van der Waals surface area contributed by atoms with Crippen molar-refractivity contribution in [2.24, 2.45) is 0 Å². The minimum absolute atomic E-state index is 0.507. The summed E-state index contributed by atoms with van der Waals surface area (Å²) >= 11 is 0. The third-order valence-electron chi connectivity index (χ3n) is 4.25. The lowest BCUT2D eigenvalue weighted by molar-refractivity contribution is 0.122. The lowest BCUT2D eigenvalue weighted by atomic mass is 10.0. The summed E-state index contributed by atoms with van der Waals surface area (Å²) in [4.78, 5) is 9.90. The summed E-state index contributed by atoms with van der Waals surface area (Å²) in [5.41, 5.74) is 5.46. The number of nitrogens with zero attached hydrogens (tertiary/aromatic N) is 2. The van der Waals surface area contributed by atoms with Gasteiger partial charge in [-0.1, -0.05) is 59.7 Å². The molecule has 0 aliphatic rings. The second-order valence-electron chi connectivity index (χ2n) is 6.74. The van der Waals surface area contributed by atoms with Crippen molar-refractivity contribution in [3.8, 4) is 11.3 Å². The smallest absolute Gasteiger partial charge is 0.120 e. The highest BCUT2D eigenvalue weighted by molar-refractivity contribution is 5.57. The first-order chi connectivity index (χ1) is 12.0. The zero-order chi connectivity index (χ0) is 17.8. The van der Waals surface area contributed by atoms with E-state index in [1.54, 1.807) is 0 Å². The molecule has 0 saturated carbocycles. The van der Waals surface area contributed by atoms with Crippen molar-refractivity contribution in [2.45, 2.75) is 26.5 Å². The van der Waals surface area contributed by atoms with Gasteiger partial charge in [-0.25, -0.2) is 4.98 Å². The van der Waals surface area contributed by atoms with Gasteiger partial charge in [0.2, 0.25) is 0 Å². The summed E-state index contributed by atoms with van der Waals surface area (Å²) in [5, 5.41) is 10.5. The molecule has 0 saturated heterocycles. The number of H-pyrrole nitrogens is 1. The van der Waals surface area contributed by atoms with Crippen LogP contribution < -0.4 is 0 Å². The minimum atomic E-state index is -0.507. The van der Waals surface area contributed by atoms with Gasteiger partial charge in [-0.15, -0.1) is 0 Å². The third kappa shape index (κ3) is 4.56. The van der Waals surface area contributed by atoms with Crippen molar-refractivity contribution < 1.29 is 5.11 Å². The van der Waals surface area contributed by atoms with Gasteiger partial charge in [-0.3, -0.25) is 4.90 Å². The molecular weight excluding hydrogens is 310 g/mol. The molecule has 0 radical (unpaired) electrons. The molecule has 0 aliphatic heterocycles. The first kappa shape index (κ1) is 17.4. The van der Waals surface area contributed by atoms with Crippen LogP contribution in [0.15, 0.2) is 54.7 Å². The van der Waals surface area contributed by atoms with Crippen LogP contribution in [-0.4, -0.2) is 33.6 Å². The summed E-state index contributed by atoms with van der Waals surface area (Å²) < 4.78 is 0. The number of hydrogen-bond donors (Lipinski definition) is 2. The van der Waals surface area contributed by atoms with Crippen LogP contribution in [0.1, 0.15) is 28.6 Å². The Morgan fingerprint density at radius 3 is 2.44 bits per heavy atom. The molecule has 0 bridgehead atoms. The first-order valence-corrected chi connectivity index (χ1v) is 8.55. The van der Waals surface area contributed by atoms with Crippen LogP contribution in [0.3, 0.4) is 0 Å². The van der Waals surface area contributed by atoms with Crippen molar-refractivity contribution in [3.05, 3.63) is 77.2 Å². The van der Waals surface area contributed by atoms with Crippen LogP contribution in [0.4, 0.5) is 0 Å². The lowest BCUT2D eigenvalue weighted by Gasteiger charge is -2.20. The lowest BCUT2D eigenvalue weighted by Crippen LogP contribution is -2.24. The molecule has 0 amide bonds. The number of rotatable bonds is 6. The van der Waals surface area contributed by atoms with Gasteiger partial charge in [-0.05, 0) is 32.0 Å². The summed E-state index contributed by atoms with van der Waals surface area (Å²) in [7, 11) is 2.00. The standard InChI is InChI=1S/C21H25N3O/c1-15-9-16(2)11-18(10-15)20(25)13-24(3)14-21-22-12-19(23-21)17-7-5-4-6-8-17/h4-12,20,25H,13-14H2,1-3H3,(H,22,23). The molecule has 1 heterocycles.